The van der Waals surface area contributed by atoms with Crippen molar-refractivity contribution in [1.29, 1.82) is 0 Å². The highest BCUT2D eigenvalue weighted by atomic mass is 79.9. The summed E-state index contributed by atoms with van der Waals surface area (Å²) in [4.78, 5) is 2.63. The molecule has 0 saturated carbocycles. The molecule has 0 aliphatic rings. The normalized spacial score (nSPS) is 12.7. The summed E-state index contributed by atoms with van der Waals surface area (Å²) < 4.78 is 6.99. The van der Waals surface area contributed by atoms with Crippen LogP contribution in [0.4, 0.5) is 0 Å². The molecule has 0 spiro atoms. The van der Waals surface area contributed by atoms with Crippen molar-refractivity contribution < 1.29 is 4.74 Å². The van der Waals surface area contributed by atoms with Gasteiger partial charge in [-0.15, -0.1) is 11.3 Å². The van der Waals surface area contributed by atoms with Gasteiger partial charge in [-0.05, 0) is 67.0 Å². The zero-order valence-electron chi connectivity index (χ0n) is 12.9. The number of aryl methyl sites for hydroxylation is 1. The molecule has 2 rings (SSSR count). The van der Waals surface area contributed by atoms with Gasteiger partial charge in [-0.1, -0.05) is 19.1 Å². The zero-order chi connectivity index (χ0) is 15.4. The fourth-order valence-corrected chi connectivity index (χ4v) is 3.92. The average Bonchev–Trinajstić information content (AvgIpc) is 2.75. The van der Waals surface area contributed by atoms with Crippen molar-refractivity contribution >= 4 is 27.3 Å². The Kier molecular flexibility index (Phi) is 5.85. The molecule has 21 heavy (non-hydrogen) atoms. The van der Waals surface area contributed by atoms with Crippen LogP contribution in [-0.4, -0.2) is 12.6 Å². The van der Waals surface area contributed by atoms with Crippen molar-refractivity contribution in [2.24, 2.45) is 0 Å². The quantitative estimate of drug-likeness (QED) is 0.747. The lowest BCUT2D eigenvalue weighted by Gasteiger charge is -2.18. The van der Waals surface area contributed by atoms with Crippen LogP contribution in [0.3, 0.4) is 0 Å². The third-order valence-electron chi connectivity index (χ3n) is 3.13. The molecule has 2 aromatic rings. The van der Waals surface area contributed by atoms with Gasteiger partial charge in [-0.25, -0.2) is 0 Å². The Labute approximate surface area is 139 Å². The second-order valence-corrected chi connectivity index (χ2v) is 7.42. The van der Waals surface area contributed by atoms with Crippen molar-refractivity contribution in [3.05, 3.63) is 50.1 Å². The summed E-state index contributed by atoms with van der Waals surface area (Å²) in [6.45, 7) is 9.30. The molecule has 0 aliphatic heterocycles. The van der Waals surface area contributed by atoms with Crippen LogP contribution in [0.25, 0.3) is 0 Å². The van der Waals surface area contributed by atoms with E-state index in [-0.39, 0.29) is 12.1 Å². The molecule has 1 N–H and O–H groups in total. The van der Waals surface area contributed by atoms with Gasteiger partial charge in [-0.3, -0.25) is 0 Å². The predicted molar refractivity (Wildman–Crippen MR) is 94.5 cm³/mol. The smallest absolute Gasteiger partial charge is 0.120 e. The molecular formula is C17H22BrNOS. The minimum Gasteiger partial charge on any atom is -0.491 e. The molecule has 0 radical (unpaired) electrons. The summed E-state index contributed by atoms with van der Waals surface area (Å²) in [6, 6.07) is 10.8. The molecular weight excluding hydrogens is 346 g/mol. The van der Waals surface area contributed by atoms with Crippen molar-refractivity contribution in [1.82, 2.24) is 5.32 Å². The molecule has 1 aromatic carbocycles. The zero-order valence-corrected chi connectivity index (χ0v) is 15.3. The van der Waals surface area contributed by atoms with E-state index in [1.807, 2.05) is 31.3 Å². The van der Waals surface area contributed by atoms with Gasteiger partial charge in [0, 0.05) is 14.2 Å². The van der Waals surface area contributed by atoms with Crippen LogP contribution < -0.4 is 10.1 Å². The van der Waals surface area contributed by atoms with Gasteiger partial charge in [-0.2, -0.15) is 0 Å². The molecule has 2 nitrogen and oxygen atoms in total. The third-order valence-corrected chi connectivity index (χ3v) is 5.33. The van der Waals surface area contributed by atoms with Crippen LogP contribution in [0.15, 0.2) is 34.8 Å². The molecule has 1 atom stereocenters. The largest absolute Gasteiger partial charge is 0.491 e. The van der Waals surface area contributed by atoms with Crippen molar-refractivity contribution in [3.63, 3.8) is 0 Å². The van der Waals surface area contributed by atoms with E-state index in [1.165, 1.54) is 19.8 Å². The number of nitrogens with one attached hydrogen (secondary N) is 1. The van der Waals surface area contributed by atoms with E-state index < -0.39 is 0 Å². The summed E-state index contributed by atoms with van der Waals surface area (Å²) in [7, 11) is 0. The Morgan fingerprint density at radius 3 is 2.62 bits per heavy atom. The fourth-order valence-electron chi connectivity index (χ4n) is 2.25. The van der Waals surface area contributed by atoms with Crippen LogP contribution in [0.2, 0.25) is 0 Å². The summed E-state index contributed by atoms with van der Waals surface area (Å²) in [5.74, 6) is 0.928. The summed E-state index contributed by atoms with van der Waals surface area (Å²) >= 11 is 5.44. The molecule has 0 bridgehead atoms. The number of hydrogen-bond donors (Lipinski definition) is 1. The summed E-state index contributed by atoms with van der Waals surface area (Å²) in [5.41, 5.74) is 1.24. The maximum absolute atomic E-state index is 5.81. The van der Waals surface area contributed by atoms with E-state index in [0.717, 1.165) is 12.3 Å². The number of halogens is 1. The van der Waals surface area contributed by atoms with Gasteiger partial charge in [0.2, 0.25) is 0 Å². The Balaban J connectivity index is 2.33. The monoisotopic (exact) mass is 367 g/mol. The second-order valence-electron chi connectivity index (χ2n) is 5.28. The first-order valence-electron chi connectivity index (χ1n) is 7.27. The van der Waals surface area contributed by atoms with Crippen molar-refractivity contribution in [2.45, 2.75) is 39.8 Å². The van der Waals surface area contributed by atoms with E-state index in [4.69, 9.17) is 4.74 Å². The van der Waals surface area contributed by atoms with Gasteiger partial charge < -0.3 is 10.1 Å². The molecule has 0 fully saturated rings. The Bertz CT molecular complexity index is 575. The first-order valence-corrected chi connectivity index (χ1v) is 8.88. The lowest BCUT2D eigenvalue weighted by Crippen LogP contribution is -2.21. The number of thiophene rings is 1. The van der Waals surface area contributed by atoms with Crippen LogP contribution >= 0.6 is 27.3 Å². The molecule has 114 valence electrons. The van der Waals surface area contributed by atoms with Gasteiger partial charge in [0.25, 0.3) is 0 Å². The van der Waals surface area contributed by atoms with E-state index in [9.17, 15) is 0 Å². The van der Waals surface area contributed by atoms with Crippen LogP contribution in [0.1, 0.15) is 42.1 Å². The second kappa shape index (κ2) is 7.43. The van der Waals surface area contributed by atoms with Gasteiger partial charge in [0.05, 0.1) is 12.1 Å². The van der Waals surface area contributed by atoms with Crippen molar-refractivity contribution in [3.8, 4) is 5.75 Å². The van der Waals surface area contributed by atoms with Gasteiger partial charge in [0.15, 0.2) is 0 Å². The number of rotatable bonds is 6. The molecule has 0 amide bonds. The number of benzene rings is 1. The van der Waals surface area contributed by atoms with E-state index in [1.54, 1.807) is 0 Å². The number of hydrogen-bond acceptors (Lipinski definition) is 3. The molecule has 1 unspecified atom stereocenters. The highest BCUT2D eigenvalue weighted by Crippen LogP contribution is 2.34. The van der Waals surface area contributed by atoms with Gasteiger partial charge in [0.1, 0.15) is 5.75 Å². The van der Waals surface area contributed by atoms with E-state index in [2.05, 4.69) is 59.4 Å². The molecule has 1 aromatic heterocycles. The number of ether oxygens (including phenoxy) is 1. The van der Waals surface area contributed by atoms with Gasteiger partial charge >= 0.3 is 0 Å². The Morgan fingerprint density at radius 2 is 2.05 bits per heavy atom. The average molecular weight is 368 g/mol. The molecule has 0 saturated heterocycles. The predicted octanol–water partition coefficient (Wildman–Crippen LogP) is 5.31. The topological polar surface area (TPSA) is 21.3 Å². The minimum absolute atomic E-state index is 0.191. The first kappa shape index (κ1) is 16.5. The van der Waals surface area contributed by atoms with E-state index >= 15 is 0 Å². The molecule has 0 aliphatic carbocycles. The maximum atomic E-state index is 5.81. The standard InChI is InChI=1S/C17H22BrNOS/c1-5-19-17(16-10-15(18)12(4)21-16)13-7-6-8-14(9-13)20-11(2)3/h6-11,17,19H,5H2,1-4H3. The van der Waals surface area contributed by atoms with Crippen LogP contribution in [0, 0.1) is 6.92 Å². The van der Waals surface area contributed by atoms with Crippen LogP contribution in [-0.2, 0) is 0 Å². The highest BCUT2D eigenvalue weighted by Gasteiger charge is 2.17. The Hall–Kier alpha value is -0.840. The summed E-state index contributed by atoms with van der Waals surface area (Å²) in [5, 5.41) is 3.57. The SMILES string of the molecule is CCNC(c1cccc(OC(C)C)c1)c1cc(Br)c(C)s1. The third kappa shape index (κ3) is 4.31. The Morgan fingerprint density at radius 1 is 1.29 bits per heavy atom. The lowest BCUT2D eigenvalue weighted by atomic mass is 10.0. The lowest BCUT2D eigenvalue weighted by molar-refractivity contribution is 0.242. The molecule has 4 heteroatoms. The molecule has 1 heterocycles. The van der Waals surface area contributed by atoms with Crippen molar-refractivity contribution in [2.75, 3.05) is 6.54 Å². The first-order chi connectivity index (χ1) is 10.0. The highest BCUT2D eigenvalue weighted by molar-refractivity contribution is 9.10. The summed E-state index contributed by atoms with van der Waals surface area (Å²) in [6.07, 6.45) is 0.191. The fraction of sp³-hybridized carbons (Fsp3) is 0.412. The minimum atomic E-state index is 0.191. The van der Waals surface area contributed by atoms with Crippen LogP contribution in [0.5, 0.6) is 5.75 Å². The van der Waals surface area contributed by atoms with E-state index in [0.29, 0.717) is 0 Å². The maximum Gasteiger partial charge on any atom is 0.120 e.